The highest BCUT2D eigenvalue weighted by atomic mass is 16.2. The van der Waals surface area contributed by atoms with E-state index in [0.717, 1.165) is 10.1 Å². The van der Waals surface area contributed by atoms with Gasteiger partial charge in [0.2, 0.25) is 0 Å². The van der Waals surface area contributed by atoms with Gasteiger partial charge in [-0.3, -0.25) is 19.4 Å². The first-order chi connectivity index (χ1) is 9.09. The molecule has 0 aliphatic rings. The molecular weight excluding hydrogens is 244 g/mol. The van der Waals surface area contributed by atoms with E-state index in [2.05, 4.69) is 10.5 Å². The van der Waals surface area contributed by atoms with Crippen molar-refractivity contribution in [3.63, 3.8) is 0 Å². The summed E-state index contributed by atoms with van der Waals surface area (Å²) in [7, 11) is 3.00. The summed E-state index contributed by atoms with van der Waals surface area (Å²) < 4.78 is 2.36. The normalized spacial score (nSPS) is 10.8. The Balaban J connectivity index is 2.24. The van der Waals surface area contributed by atoms with Crippen LogP contribution in [0.5, 0.6) is 0 Å². The smallest absolute Gasteiger partial charge is 0.281 e. The summed E-state index contributed by atoms with van der Waals surface area (Å²) in [6.45, 7) is 0. The summed E-state index contributed by atoms with van der Waals surface area (Å²) >= 11 is 0. The number of aromatic nitrogens is 2. The fourth-order valence-corrected chi connectivity index (χ4v) is 1.55. The maximum Gasteiger partial charge on any atom is 0.332 e. The number of hydrogen-bond donors (Lipinski definition) is 1. The topological polar surface area (TPSA) is 68.4 Å². The third kappa shape index (κ3) is 2.79. The zero-order valence-electron chi connectivity index (χ0n) is 10.7. The van der Waals surface area contributed by atoms with Crippen molar-refractivity contribution >= 4 is 12.0 Å². The van der Waals surface area contributed by atoms with E-state index in [9.17, 15) is 9.59 Å². The molecule has 6 nitrogen and oxygen atoms in total. The van der Waals surface area contributed by atoms with Gasteiger partial charge in [0.15, 0.2) is 0 Å². The van der Waals surface area contributed by atoms with Gasteiger partial charge in [0.1, 0.15) is 5.82 Å². The monoisotopic (exact) mass is 258 g/mol. The third-order valence-electron chi connectivity index (χ3n) is 2.72. The molecule has 0 fully saturated rings. The van der Waals surface area contributed by atoms with Crippen LogP contribution in [0.1, 0.15) is 5.56 Å². The average Bonchev–Trinajstić information content (AvgIpc) is 2.43. The third-order valence-corrected chi connectivity index (χ3v) is 2.72. The van der Waals surface area contributed by atoms with E-state index in [0.29, 0.717) is 5.82 Å². The standard InChI is InChI=1S/C13H14N4O2/c1-16-11(8-12(18)17(2)13(16)19)15-14-9-10-6-4-3-5-7-10/h3-9,15H,1-2H3/b14-9-. The van der Waals surface area contributed by atoms with Gasteiger partial charge in [-0.2, -0.15) is 5.10 Å². The molecule has 1 aromatic heterocycles. The minimum absolute atomic E-state index is 0.347. The minimum atomic E-state index is -0.398. The van der Waals surface area contributed by atoms with Crippen molar-refractivity contribution in [3.05, 3.63) is 62.8 Å². The Labute approximate surface area is 109 Å². The molecule has 0 spiro atoms. The summed E-state index contributed by atoms with van der Waals surface area (Å²) in [6, 6.07) is 10.8. The van der Waals surface area contributed by atoms with Crippen LogP contribution in [0.25, 0.3) is 0 Å². The summed E-state index contributed by atoms with van der Waals surface area (Å²) in [4.78, 5) is 23.2. The Bertz CT molecular complexity index is 714. The minimum Gasteiger partial charge on any atom is -0.281 e. The van der Waals surface area contributed by atoms with Crippen molar-refractivity contribution in [1.82, 2.24) is 9.13 Å². The molecule has 0 aliphatic carbocycles. The predicted molar refractivity (Wildman–Crippen MR) is 74.6 cm³/mol. The summed E-state index contributed by atoms with van der Waals surface area (Å²) in [5.41, 5.74) is 2.84. The van der Waals surface area contributed by atoms with E-state index in [1.807, 2.05) is 30.3 Å². The second-order valence-corrected chi connectivity index (χ2v) is 4.05. The maximum atomic E-state index is 11.7. The predicted octanol–water partition coefficient (Wildman–Crippen LogP) is 0.530. The molecule has 1 N–H and O–H groups in total. The van der Waals surface area contributed by atoms with Crippen LogP contribution < -0.4 is 16.7 Å². The maximum absolute atomic E-state index is 11.7. The highest BCUT2D eigenvalue weighted by Crippen LogP contribution is 1.99. The zero-order valence-corrected chi connectivity index (χ0v) is 10.7. The largest absolute Gasteiger partial charge is 0.332 e. The number of anilines is 1. The zero-order chi connectivity index (χ0) is 13.8. The number of hydrogen-bond acceptors (Lipinski definition) is 4. The van der Waals surface area contributed by atoms with Gasteiger partial charge in [-0.15, -0.1) is 0 Å². The van der Waals surface area contributed by atoms with Crippen LogP contribution in [-0.2, 0) is 14.1 Å². The van der Waals surface area contributed by atoms with Gasteiger partial charge in [-0.05, 0) is 5.56 Å². The first kappa shape index (κ1) is 12.8. The van der Waals surface area contributed by atoms with Crippen LogP contribution in [0, 0.1) is 0 Å². The molecule has 0 saturated carbocycles. The molecule has 98 valence electrons. The van der Waals surface area contributed by atoms with Crippen LogP contribution >= 0.6 is 0 Å². The van der Waals surface area contributed by atoms with Gasteiger partial charge < -0.3 is 0 Å². The molecule has 1 aromatic carbocycles. The Morgan fingerprint density at radius 1 is 1.11 bits per heavy atom. The highest BCUT2D eigenvalue weighted by molar-refractivity contribution is 5.79. The molecule has 2 rings (SSSR count). The molecule has 0 atom stereocenters. The quantitative estimate of drug-likeness (QED) is 0.645. The van der Waals surface area contributed by atoms with Crippen LogP contribution in [0.3, 0.4) is 0 Å². The lowest BCUT2D eigenvalue weighted by Crippen LogP contribution is -2.37. The molecule has 1 heterocycles. The molecular formula is C13H14N4O2. The lowest BCUT2D eigenvalue weighted by molar-refractivity contribution is 0.690. The van der Waals surface area contributed by atoms with Crippen LogP contribution in [0.4, 0.5) is 5.82 Å². The van der Waals surface area contributed by atoms with E-state index < -0.39 is 5.69 Å². The lowest BCUT2D eigenvalue weighted by atomic mass is 10.2. The van der Waals surface area contributed by atoms with Crippen molar-refractivity contribution in [2.75, 3.05) is 5.43 Å². The van der Waals surface area contributed by atoms with Gasteiger partial charge in [-0.25, -0.2) is 4.79 Å². The SMILES string of the molecule is Cn1c(N/N=C\c2ccccc2)cc(=O)n(C)c1=O. The number of hydrazone groups is 1. The number of nitrogens with one attached hydrogen (secondary N) is 1. The van der Waals surface area contributed by atoms with Gasteiger partial charge in [0, 0.05) is 20.2 Å². The molecule has 2 aromatic rings. The van der Waals surface area contributed by atoms with E-state index >= 15 is 0 Å². The lowest BCUT2D eigenvalue weighted by Gasteiger charge is -2.07. The first-order valence-corrected chi connectivity index (χ1v) is 5.71. The van der Waals surface area contributed by atoms with Crippen LogP contribution in [0.2, 0.25) is 0 Å². The Hall–Kier alpha value is -2.63. The van der Waals surface area contributed by atoms with Gasteiger partial charge >= 0.3 is 5.69 Å². The Morgan fingerprint density at radius 3 is 2.47 bits per heavy atom. The highest BCUT2D eigenvalue weighted by Gasteiger charge is 2.03. The van der Waals surface area contributed by atoms with E-state index in [1.165, 1.54) is 17.7 Å². The van der Waals surface area contributed by atoms with Crippen molar-refractivity contribution in [3.8, 4) is 0 Å². The van der Waals surface area contributed by atoms with E-state index in [-0.39, 0.29) is 5.56 Å². The Morgan fingerprint density at radius 2 is 1.79 bits per heavy atom. The fourth-order valence-electron chi connectivity index (χ4n) is 1.55. The molecule has 0 aliphatic heterocycles. The van der Waals surface area contributed by atoms with Crippen molar-refractivity contribution in [2.45, 2.75) is 0 Å². The van der Waals surface area contributed by atoms with Crippen LogP contribution in [0.15, 0.2) is 51.1 Å². The number of rotatable bonds is 3. The molecule has 6 heteroatoms. The number of nitrogens with zero attached hydrogens (tertiary/aromatic N) is 3. The summed E-state index contributed by atoms with van der Waals surface area (Å²) in [5, 5.41) is 4.00. The molecule has 0 unspecified atom stereocenters. The van der Waals surface area contributed by atoms with E-state index in [4.69, 9.17) is 0 Å². The summed E-state index contributed by atoms with van der Waals surface area (Å²) in [6.07, 6.45) is 1.61. The van der Waals surface area contributed by atoms with Crippen molar-refractivity contribution in [1.29, 1.82) is 0 Å². The first-order valence-electron chi connectivity index (χ1n) is 5.71. The van der Waals surface area contributed by atoms with Crippen molar-refractivity contribution in [2.24, 2.45) is 19.2 Å². The fraction of sp³-hybridized carbons (Fsp3) is 0.154. The van der Waals surface area contributed by atoms with Gasteiger partial charge in [0.25, 0.3) is 5.56 Å². The second kappa shape index (κ2) is 5.34. The molecule has 19 heavy (non-hydrogen) atoms. The molecule has 0 amide bonds. The van der Waals surface area contributed by atoms with Crippen molar-refractivity contribution < 1.29 is 0 Å². The van der Waals surface area contributed by atoms with E-state index in [1.54, 1.807) is 13.3 Å². The molecule has 0 saturated heterocycles. The van der Waals surface area contributed by atoms with Gasteiger partial charge in [0.05, 0.1) is 6.21 Å². The number of benzene rings is 1. The van der Waals surface area contributed by atoms with Crippen LogP contribution in [-0.4, -0.2) is 15.3 Å². The molecule has 0 radical (unpaired) electrons. The van der Waals surface area contributed by atoms with Gasteiger partial charge in [-0.1, -0.05) is 30.3 Å². The molecule has 0 bridgehead atoms. The Kier molecular flexibility index (Phi) is 3.61. The average molecular weight is 258 g/mol. The summed E-state index contributed by atoms with van der Waals surface area (Å²) in [5.74, 6) is 0.347. The second-order valence-electron chi connectivity index (χ2n) is 4.05.